The smallest absolute Gasteiger partial charge is 0.244 e. The van der Waals surface area contributed by atoms with E-state index in [2.05, 4.69) is 10.5 Å². The van der Waals surface area contributed by atoms with E-state index in [1.807, 2.05) is 71.4 Å². The number of rotatable bonds is 7. The van der Waals surface area contributed by atoms with Gasteiger partial charge < -0.3 is 14.0 Å². The fraction of sp³-hybridized carbons (Fsp3) is 0.143. The van der Waals surface area contributed by atoms with Gasteiger partial charge in [-0.2, -0.15) is 5.10 Å². The number of amides is 1. The maximum atomic E-state index is 12.1. The number of hydrogen-bond donors (Lipinski definition) is 1. The lowest BCUT2D eigenvalue weighted by Crippen LogP contribution is -2.20. The molecule has 3 rings (SSSR count). The highest BCUT2D eigenvalue weighted by Crippen LogP contribution is 2.16. The van der Waals surface area contributed by atoms with E-state index in [1.165, 1.54) is 0 Å². The van der Waals surface area contributed by atoms with E-state index in [1.54, 1.807) is 20.4 Å². The van der Waals surface area contributed by atoms with E-state index in [0.29, 0.717) is 0 Å². The molecule has 0 spiro atoms. The molecule has 1 heterocycles. The van der Waals surface area contributed by atoms with E-state index >= 15 is 0 Å². The Morgan fingerprint density at radius 1 is 1.04 bits per heavy atom. The standard InChI is InChI=1S/C21H21N3O3/c1-26-19-10-8-17(9-11-19)24-12-4-6-18(24)15-22-23-21(25)14-16-5-3-7-20(13-16)27-2/h3-13,15H,14H2,1-2H3,(H,23,25)/b22-15+. The first-order chi connectivity index (χ1) is 13.2. The number of ether oxygens (including phenoxy) is 2. The van der Waals surface area contributed by atoms with Crippen LogP contribution in [0.3, 0.4) is 0 Å². The van der Waals surface area contributed by atoms with Crippen LogP contribution < -0.4 is 14.9 Å². The highest BCUT2D eigenvalue weighted by Gasteiger charge is 2.04. The zero-order valence-electron chi connectivity index (χ0n) is 15.3. The highest BCUT2D eigenvalue weighted by atomic mass is 16.5. The van der Waals surface area contributed by atoms with Crippen molar-refractivity contribution < 1.29 is 14.3 Å². The van der Waals surface area contributed by atoms with Crippen molar-refractivity contribution in [3.8, 4) is 17.2 Å². The average molecular weight is 363 g/mol. The molecule has 0 saturated carbocycles. The molecule has 1 aromatic heterocycles. The molecule has 6 nitrogen and oxygen atoms in total. The number of aromatic nitrogens is 1. The molecule has 27 heavy (non-hydrogen) atoms. The molecule has 0 atom stereocenters. The van der Waals surface area contributed by atoms with E-state index in [4.69, 9.17) is 9.47 Å². The van der Waals surface area contributed by atoms with Crippen LogP contribution in [0.2, 0.25) is 0 Å². The molecule has 0 aliphatic heterocycles. The number of carbonyl (C=O) groups excluding carboxylic acids is 1. The first-order valence-corrected chi connectivity index (χ1v) is 8.46. The lowest BCUT2D eigenvalue weighted by Gasteiger charge is -2.07. The lowest BCUT2D eigenvalue weighted by atomic mass is 10.1. The van der Waals surface area contributed by atoms with Gasteiger partial charge in [0.05, 0.1) is 32.5 Å². The van der Waals surface area contributed by atoms with Gasteiger partial charge in [0.2, 0.25) is 5.91 Å². The first-order valence-electron chi connectivity index (χ1n) is 8.46. The molecule has 0 saturated heterocycles. The zero-order valence-corrected chi connectivity index (χ0v) is 15.3. The summed E-state index contributed by atoms with van der Waals surface area (Å²) >= 11 is 0. The summed E-state index contributed by atoms with van der Waals surface area (Å²) in [4.78, 5) is 12.1. The Hall–Kier alpha value is -3.54. The van der Waals surface area contributed by atoms with Crippen LogP contribution in [0.5, 0.6) is 11.5 Å². The van der Waals surface area contributed by atoms with Crippen molar-refractivity contribution in [3.05, 3.63) is 78.1 Å². The number of hydrazone groups is 1. The summed E-state index contributed by atoms with van der Waals surface area (Å²) in [6.07, 6.45) is 3.78. The first kappa shape index (κ1) is 18.3. The largest absolute Gasteiger partial charge is 0.497 e. The Balaban J connectivity index is 1.63. The minimum atomic E-state index is -0.193. The zero-order chi connectivity index (χ0) is 19.1. The number of nitrogens with zero attached hydrogens (tertiary/aromatic N) is 2. The van der Waals surface area contributed by atoms with Crippen molar-refractivity contribution in [1.82, 2.24) is 9.99 Å². The highest BCUT2D eigenvalue weighted by molar-refractivity contribution is 5.82. The van der Waals surface area contributed by atoms with E-state index in [0.717, 1.165) is 28.4 Å². The summed E-state index contributed by atoms with van der Waals surface area (Å²) in [5.41, 5.74) is 5.25. The van der Waals surface area contributed by atoms with Gasteiger partial charge in [0.25, 0.3) is 0 Å². The molecule has 3 aromatic rings. The SMILES string of the molecule is COc1ccc(-n2cccc2/C=N/NC(=O)Cc2cccc(OC)c2)cc1. The van der Waals surface area contributed by atoms with Gasteiger partial charge in [0, 0.05) is 11.9 Å². The van der Waals surface area contributed by atoms with Gasteiger partial charge in [-0.1, -0.05) is 12.1 Å². The third kappa shape index (κ3) is 4.76. The van der Waals surface area contributed by atoms with E-state index in [9.17, 15) is 4.79 Å². The van der Waals surface area contributed by atoms with Gasteiger partial charge in [0.1, 0.15) is 11.5 Å². The second-order valence-electron chi connectivity index (χ2n) is 5.82. The number of methoxy groups -OCH3 is 2. The van der Waals surface area contributed by atoms with Crippen LogP contribution in [0.25, 0.3) is 5.69 Å². The maximum Gasteiger partial charge on any atom is 0.244 e. The monoisotopic (exact) mass is 363 g/mol. The summed E-state index contributed by atoms with van der Waals surface area (Å²) in [7, 11) is 3.23. The predicted molar refractivity (Wildman–Crippen MR) is 105 cm³/mol. The maximum absolute atomic E-state index is 12.1. The number of nitrogens with one attached hydrogen (secondary N) is 1. The second kappa shape index (κ2) is 8.71. The van der Waals surface area contributed by atoms with Crippen LogP contribution in [-0.4, -0.2) is 30.9 Å². The Morgan fingerprint density at radius 2 is 1.81 bits per heavy atom. The molecule has 1 amide bonds. The van der Waals surface area contributed by atoms with Crippen molar-refractivity contribution in [2.24, 2.45) is 5.10 Å². The molecule has 0 bridgehead atoms. The Labute approximate surface area is 158 Å². The lowest BCUT2D eigenvalue weighted by molar-refractivity contribution is -0.120. The van der Waals surface area contributed by atoms with Crippen LogP contribution in [0, 0.1) is 0 Å². The number of hydrogen-bond acceptors (Lipinski definition) is 4. The minimum Gasteiger partial charge on any atom is -0.497 e. The van der Waals surface area contributed by atoms with E-state index < -0.39 is 0 Å². The molecular formula is C21H21N3O3. The molecular weight excluding hydrogens is 342 g/mol. The Bertz CT molecular complexity index is 930. The molecule has 138 valence electrons. The van der Waals surface area contributed by atoms with Crippen LogP contribution >= 0.6 is 0 Å². The predicted octanol–water partition coefficient (Wildman–Crippen LogP) is 3.19. The van der Waals surface area contributed by atoms with Gasteiger partial charge in [0.15, 0.2) is 0 Å². The molecule has 0 aliphatic rings. The fourth-order valence-corrected chi connectivity index (χ4v) is 2.66. The average Bonchev–Trinajstić information content (AvgIpc) is 3.16. The van der Waals surface area contributed by atoms with E-state index in [-0.39, 0.29) is 12.3 Å². The Kier molecular flexibility index (Phi) is 5.89. The number of benzene rings is 2. The van der Waals surface area contributed by atoms with Gasteiger partial charge >= 0.3 is 0 Å². The van der Waals surface area contributed by atoms with Crippen LogP contribution in [-0.2, 0) is 11.2 Å². The third-order valence-corrected chi connectivity index (χ3v) is 4.02. The van der Waals surface area contributed by atoms with Crippen molar-refractivity contribution in [1.29, 1.82) is 0 Å². The van der Waals surface area contributed by atoms with Crippen molar-refractivity contribution in [2.75, 3.05) is 14.2 Å². The fourth-order valence-electron chi connectivity index (χ4n) is 2.66. The van der Waals surface area contributed by atoms with Crippen LogP contribution in [0.15, 0.2) is 72.0 Å². The molecule has 0 unspecified atom stereocenters. The normalized spacial score (nSPS) is 10.7. The molecule has 0 radical (unpaired) electrons. The van der Waals surface area contributed by atoms with Gasteiger partial charge in [-0.25, -0.2) is 5.43 Å². The molecule has 0 aliphatic carbocycles. The minimum absolute atomic E-state index is 0.193. The summed E-state index contributed by atoms with van der Waals surface area (Å²) in [6, 6.07) is 18.9. The second-order valence-corrected chi connectivity index (χ2v) is 5.82. The summed E-state index contributed by atoms with van der Waals surface area (Å²) in [5.74, 6) is 1.33. The quantitative estimate of drug-likeness (QED) is 0.518. The van der Waals surface area contributed by atoms with Gasteiger partial charge in [-0.05, 0) is 54.1 Å². The summed E-state index contributed by atoms with van der Waals surface area (Å²) in [5, 5.41) is 4.07. The summed E-state index contributed by atoms with van der Waals surface area (Å²) < 4.78 is 12.3. The number of carbonyl (C=O) groups is 1. The van der Waals surface area contributed by atoms with Crippen molar-refractivity contribution >= 4 is 12.1 Å². The molecule has 1 N–H and O–H groups in total. The van der Waals surface area contributed by atoms with Crippen molar-refractivity contribution in [2.45, 2.75) is 6.42 Å². The summed E-state index contributed by atoms with van der Waals surface area (Å²) in [6.45, 7) is 0. The van der Waals surface area contributed by atoms with Gasteiger partial charge in [-0.3, -0.25) is 4.79 Å². The van der Waals surface area contributed by atoms with Crippen LogP contribution in [0.4, 0.5) is 0 Å². The molecule has 2 aromatic carbocycles. The molecule has 0 fully saturated rings. The Morgan fingerprint density at radius 3 is 2.56 bits per heavy atom. The third-order valence-electron chi connectivity index (χ3n) is 4.02. The van der Waals surface area contributed by atoms with Gasteiger partial charge in [-0.15, -0.1) is 0 Å². The van der Waals surface area contributed by atoms with Crippen LogP contribution in [0.1, 0.15) is 11.3 Å². The molecule has 6 heteroatoms. The van der Waals surface area contributed by atoms with Crippen molar-refractivity contribution in [3.63, 3.8) is 0 Å². The topological polar surface area (TPSA) is 64.8 Å².